The van der Waals surface area contributed by atoms with Crippen LogP contribution in [0.1, 0.15) is 37.8 Å². The standard InChI is InChI=1S/C24H32FN3O4S/c1-5-6-14-26-24(30)19(3)27(16-20-9-7-8-18(2)15-20)23(29)17-28(33(4,31)32)22-12-10-21(25)11-13-22/h7-13,15,19H,5-6,14,16-17H2,1-4H3,(H,26,30)/t19-/m1/s1. The second-order valence-corrected chi connectivity index (χ2v) is 9.98. The Labute approximate surface area is 195 Å². The fraction of sp³-hybridized carbons (Fsp3) is 0.417. The first-order chi connectivity index (χ1) is 15.5. The molecule has 1 atom stereocenters. The summed E-state index contributed by atoms with van der Waals surface area (Å²) in [4.78, 5) is 27.5. The molecular weight excluding hydrogens is 445 g/mol. The van der Waals surface area contributed by atoms with Crippen molar-refractivity contribution in [2.24, 2.45) is 0 Å². The number of hydrogen-bond acceptors (Lipinski definition) is 4. The van der Waals surface area contributed by atoms with E-state index in [1.807, 2.05) is 38.1 Å². The van der Waals surface area contributed by atoms with Gasteiger partial charge in [0.15, 0.2) is 0 Å². The van der Waals surface area contributed by atoms with Crippen LogP contribution in [0.15, 0.2) is 48.5 Å². The van der Waals surface area contributed by atoms with Crippen molar-refractivity contribution in [1.82, 2.24) is 10.2 Å². The third kappa shape index (κ3) is 7.85. The Kier molecular flexibility index (Phi) is 9.40. The van der Waals surface area contributed by atoms with Gasteiger partial charge in [-0.25, -0.2) is 12.8 Å². The predicted molar refractivity (Wildman–Crippen MR) is 128 cm³/mol. The van der Waals surface area contributed by atoms with Crippen molar-refractivity contribution in [3.05, 3.63) is 65.5 Å². The lowest BCUT2D eigenvalue weighted by atomic mass is 10.1. The molecule has 0 saturated heterocycles. The lowest BCUT2D eigenvalue weighted by Gasteiger charge is -2.31. The molecule has 0 aliphatic heterocycles. The van der Waals surface area contributed by atoms with Gasteiger partial charge in [0.25, 0.3) is 0 Å². The minimum atomic E-state index is -3.84. The van der Waals surface area contributed by atoms with Crippen LogP contribution in [0.5, 0.6) is 0 Å². The van der Waals surface area contributed by atoms with Crippen LogP contribution < -0.4 is 9.62 Å². The van der Waals surface area contributed by atoms with Gasteiger partial charge in [-0.3, -0.25) is 13.9 Å². The molecule has 7 nitrogen and oxygen atoms in total. The number of amides is 2. The number of hydrogen-bond donors (Lipinski definition) is 1. The molecule has 1 N–H and O–H groups in total. The molecule has 180 valence electrons. The summed E-state index contributed by atoms with van der Waals surface area (Å²) in [5.74, 6) is -1.36. The zero-order valence-electron chi connectivity index (χ0n) is 19.5. The number of anilines is 1. The lowest BCUT2D eigenvalue weighted by molar-refractivity contribution is -0.139. The van der Waals surface area contributed by atoms with Crippen LogP contribution >= 0.6 is 0 Å². The van der Waals surface area contributed by atoms with Crippen molar-refractivity contribution in [2.45, 2.75) is 46.2 Å². The molecule has 2 rings (SSSR count). The number of aryl methyl sites for hydroxylation is 1. The Morgan fingerprint density at radius 2 is 1.79 bits per heavy atom. The molecule has 2 aromatic rings. The number of carbonyl (C=O) groups excluding carboxylic acids is 2. The SMILES string of the molecule is CCCCNC(=O)[C@@H](C)N(Cc1cccc(C)c1)C(=O)CN(c1ccc(F)cc1)S(C)(=O)=O. The number of nitrogens with one attached hydrogen (secondary N) is 1. The third-order valence-electron chi connectivity index (χ3n) is 5.23. The summed E-state index contributed by atoms with van der Waals surface area (Å²) in [6.07, 6.45) is 2.72. The van der Waals surface area contributed by atoms with E-state index in [-0.39, 0.29) is 18.1 Å². The third-order valence-corrected chi connectivity index (χ3v) is 6.37. The second-order valence-electron chi connectivity index (χ2n) is 8.08. The molecule has 0 unspecified atom stereocenters. The van der Waals surface area contributed by atoms with Crippen molar-refractivity contribution in [3.63, 3.8) is 0 Å². The number of carbonyl (C=O) groups is 2. The van der Waals surface area contributed by atoms with Crippen LogP contribution in [0.2, 0.25) is 0 Å². The summed E-state index contributed by atoms with van der Waals surface area (Å²) in [7, 11) is -3.84. The largest absolute Gasteiger partial charge is 0.354 e. The van der Waals surface area contributed by atoms with Crippen LogP contribution in [0.4, 0.5) is 10.1 Å². The molecule has 9 heteroatoms. The van der Waals surface area contributed by atoms with Gasteiger partial charge in [-0.05, 0) is 50.1 Å². The van der Waals surface area contributed by atoms with Gasteiger partial charge in [0.05, 0.1) is 11.9 Å². The lowest BCUT2D eigenvalue weighted by Crippen LogP contribution is -2.51. The fourth-order valence-electron chi connectivity index (χ4n) is 3.35. The van der Waals surface area contributed by atoms with E-state index in [1.165, 1.54) is 17.0 Å². The van der Waals surface area contributed by atoms with Gasteiger partial charge in [0, 0.05) is 13.1 Å². The molecule has 2 amide bonds. The van der Waals surface area contributed by atoms with E-state index in [1.54, 1.807) is 6.92 Å². The predicted octanol–water partition coefficient (Wildman–Crippen LogP) is 3.23. The minimum absolute atomic E-state index is 0.143. The van der Waals surface area contributed by atoms with Crippen LogP contribution in [-0.4, -0.2) is 50.5 Å². The topological polar surface area (TPSA) is 86.8 Å². The zero-order chi connectivity index (χ0) is 24.6. The van der Waals surface area contributed by atoms with Gasteiger partial charge >= 0.3 is 0 Å². The van der Waals surface area contributed by atoms with E-state index in [4.69, 9.17) is 0 Å². The molecule has 0 fully saturated rings. The fourth-order valence-corrected chi connectivity index (χ4v) is 4.20. The minimum Gasteiger partial charge on any atom is -0.354 e. The maximum atomic E-state index is 13.4. The summed E-state index contributed by atoms with van der Waals surface area (Å²) >= 11 is 0. The number of halogens is 1. The van der Waals surface area contributed by atoms with Crippen LogP contribution in [0, 0.1) is 12.7 Å². The highest BCUT2D eigenvalue weighted by Gasteiger charge is 2.30. The Morgan fingerprint density at radius 1 is 1.12 bits per heavy atom. The normalized spacial score (nSPS) is 12.2. The first-order valence-corrected chi connectivity index (χ1v) is 12.7. The first-order valence-electron chi connectivity index (χ1n) is 10.9. The monoisotopic (exact) mass is 477 g/mol. The smallest absolute Gasteiger partial charge is 0.244 e. The average Bonchev–Trinajstić information content (AvgIpc) is 2.75. The summed E-state index contributed by atoms with van der Waals surface area (Å²) < 4.78 is 39.1. The maximum absolute atomic E-state index is 13.4. The summed E-state index contributed by atoms with van der Waals surface area (Å²) in [6, 6.07) is 11.6. The van der Waals surface area contributed by atoms with Crippen molar-refractivity contribution >= 4 is 27.5 Å². The Balaban J connectivity index is 2.33. The Morgan fingerprint density at radius 3 is 2.36 bits per heavy atom. The Bertz CT molecular complexity index is 1060. The molecule has 0 spiro atoms. The molecule has 0 aliphatic carbocycles. The van der Waals surface area contributed by atoms with E-state index in [2.05, 4.69) is 5.32 Å². The van der Waals surface area contributed by atoms with Gasteiger partial charge < -0.3 is 10.2 Å². The van der Waals surface area contributed by atoms with Gasteiger partial charge in [0.1, 0.15) is 18.4 Å². The molecule has 0 saturated carbocycles. The molecule has 0 bridgehead atoms. The van der Waals surface area contributed by atoms with E-state index in [0.29, 0.717) is 6.54 Å². The summed E-state index contributed by atoms with van der Waals surface area (Å²) in [5, 5.41) is 2.83. The molecule has 2 aromatic carbocycles. The number of sulfonamides is 1. The molecule has 33 heavy (non-hydrogen) atoms. The van der Waals surface area contributed by atoms with Gasteiger partial charge in [0.2, 0.25) is 21.8 Å². The summed E-state index contributed by atoms with van der Waals surface area (Å²) in [5.41, 5.74) is 2.00. The Hall–Kier alpha value is -2.94. The number of benzene rings is 2. The highest BCUT2D eigenvalue weighted by atomic mass is 32.2. The van der Waals surface area contributed by atoms with Gasteiger partial charge in [-0.1, -0.05) is 43.2 Å². The van der Waals surface area contributed by atoms with Crippen molar-refractivity contribution < 1.29 is 22.4 Å². The quantitative estimate of drug-likeness (QED) is 0.504. The molecular formula is C24H32FN3O4S. The van der Waals surface area contributed by atoms with Gasteiger partial charge in [-0.15, -0.1) is 0 Å². The highest BCUT2D eigenvalue weighted by Crippen LogP contribution is 2.19. The van der Waals surface area contributed by atoms with E-state index in [9.17, 15) is 22.4 Å². The number of nitrogens with zero attached hydrogens (tertiary/aromatic N) is 2. The van der Waals surface area contributed by atoms with Crippen LogP contribution in [0.25, 0.3) is 0 Å². The van der Waals surface area contributed by atoms with E-state index < -0.39 is 34.3 Å². The highest BCUT2D eigenvalue weighted by molar-refractivity contribution is 7.92. The number of unbranched alkanes of at least 4 members (excludes halogenated alkanes) is 1. The molecule has 0 heterocycles. The first kappa shape index (κ1) is 26.3. The van der Waals surface area contributed by atoms with Crippen molar-refractivity contribution in [3.8, 4) is 0 Å². The second kappa shape index (κ2) is 11.8. The van der Waals surface area contributed by atoms with Gasteiger partial charge in [-0.2, -0.15) is 0 Å². The van der Waals surface area contributed by atoms with Crippen LogP contribution in [-0.2, 0) is 26.2 Å². The average molecular weight is 478 g/mol. The van der Waals surface area contributed by atoms with Crippen molar-refractivity contribution in [1.29, 1.82) is 0 Å². The maximum Gasteiger partial charge on any atom is 0.244 e. The van der Waals surface area contributed by atoms with Crippen LogP contribution in [0.3, 0.4) is 0 Å². The zero-order valence-corrected chi connectivity index (χ0v) is 20.4. The summed E-state index contributed by atoms with van der Waals surface area (Å²) in [6.45, 7) is 5.69. The number of rotatable bonds is 11. The molecule has 0 radical (unpaired) electrons. The van der Waals surface area contributed by atoms with E-state index >= 15 is 0 Å². The van der Waals surface area contributed by atoms with E-state index in [0.717, 1.165) is 46.7 Å². The molecule has 0 aliphatic rings. The molecule has 0 aromatic heterocycles. The van der Waals surface area contributed by atoms with Crippen molar-refractivity contribution in [2.75, 3.05) is 23.7 Å².